The maximum Gasteiger partial charge on any atom is 0.434 e. The third-order valence-corrected chi connectivity index (χ3v) is 1.92. The fourth-order valence-electron chi connectivity index (χ4n) is 0.536. The normalized spacial score (nSPS) is 12.5. The zero-order chi connectivity index (χ0) is 9.35. The molecule has 0 radical (unpaired) electrons. The van der Waals surface area contributed by atoms with Gasteiger partial charge in [-0.1, -0.05) is 0 Å². The van der Waals surface area contributed by atoms with Gasteiger partial charge < -0.3 is 10.2 Å². The van der Waals surface area contributed by atoms with E-state index in [-0.39, 0.29) is 5.01 Å². The van der Waals surface area contributed by atoms with Crippen molar-refractivity contribution in [3.05, 3.63) is 16.1 Å². The number of thiazole rings is 1. The van der Waals surface area contributed by atoms with Crippen molar-refractivity contribution in [3.63, 3.8) is 0 Å². The van der Waals surface area contributed by atoms with Crippen molar-refractivity contribution in [2.24, 2.45) is 0 Å². The number of aromatic nitrogens is 1. The summed E-state index contributed by atoms with van der Waals surface area (Å²) in [5, 5.41) is 17.2. The molecular formula is C5H4F3NO2S. The topological polar surface area (TPSA) is 53.4 Å². The lowest BCUT2D eigenvalue weighted by Gasteiger charge is -2.00. The van der Waals surface area contributed by atoms with Crippen molar-refractivity contribution in [1.29, 1.82) is 0 Å². The molecule has 12 heavy (non-hydrogen) atoms. The summed E-state index contributed by atoms with van der Waals surface area (Å²) in [6.45, 7) is 0. The van der Waals surface area contributed by atoms with Gasteiger partial charge in [-0.25, -0.2) is 4.98 Å². The zero-order valence-electron chi connectivity index (χ0n) is 5.54. The summed E-state index contributed by atoms with van der Waals surface area (Å²) in [7, 11) is 0. The van der Waals surface area contributed by atoms with E-state index in [4.69, 9.17) is 10.2 Å². The van der Waals surface area contributed by atoms with Gasteiger partial charge in [0.05, 0.1) is 0 Å². The first-order valence-electron chi connectivity index (χ1n) is 2.80. The van der Waals surface area contributed by atoms with Crippen LogP contribution in [0, 0.1) is 0 Å². The molecule has 0 aliphatic rings. The second-order valence-corrected chi connectivity index (χ2v) is 2.83. The third-order valence-electron chi connectivity index (χ3n) is 1.03. The third kappa shape index (κ3) is 1.93. The van der Waals surface area contributed by atoms with Gasteiger partial charge in [0.15, 0.2) is 5.69 Å². The molecule has 1 rings (SSSR count). The van der Waals surface area contributed by atoms with E-state index in [1.807, 2.05) is 0 Å². The van der Waals surface area contributed by atoms with Crippen LogP contribution in [-0.2, 0) is 6.18 Å². The Balaban J connectivity index is 2.92. The van der Waals surface area contributed by atoms with Gasteiger partial charge in [0.25, 0.3) is 0 Å². The average molecular weight is 199 g/mol. The predicted octanol–water partition coefficient (Wildman–Crippen LogP) is 1.15. The van der Waals surface area contributed by atoms with Crippen LogP contribution in [0.2, 0.25) is 0 Å². The number of hydrogen-bond donors (Lipinski definition) is 2. The van der Waals surface area contributed by atoms with E-state index >= 15 is 0 Å². The van der Waals surface area contributed by atoms with Gasteiger partial charge in [-0.05, 0) is 0 Å². The molecule has 0 bridgehead atoms. The van der Waals surface area contributed by atoms with Crippen molar-refractivity contribution in [2.75, 3.05) is 0 Å². The molecule has 0 aromatic carbocycles. The van der Waals surface area contributed by atoms with Crippen LogP contribution < -0.4 is 0 Å². The van der Waals surface area contributed by atoms with Crippen LogP contribution in [0.3, 0.4) is 0 Å². The molecule has 1 heterocycles. The quantitative estimate of drug-likeness (QED) is 0.667. The summed E-state index contributed by atoms with van der Waals surface area (Å²) >= 11 is 0.553. The summed E-state index contributed by atoms with van der Waals surface area (Å²) in [5.41, 5.74) is -1.10. The number of hydrogen-bond acceptors (Lipinski definition) is 4. The van der Waals surface area contributed by atoms with Crippen molar-refractivity contribution in [2.45, 2.75) is 12.5 Å². The fourth-order valence-corrected chi connectivity index (χ4v) is 1.23. The molecule has 0 unspecified atom stereocenters. The van der Waals surface area contributed by atoms with Crippen LogP contribution in [0.4, 0.5) is 13.2 Å². The minimum Gasteiger partial charge on any atom is -0.363 e. The van der Waals surface area contributed by atoms with Gasteiger partial charge in [-0.3, -0.25) is 0 Å². The maximum atomic E-state index is 11.8. The Bertz CT molecular complexity index is 270. The van der Waals surface area contributed by atoms with E-state index in [0.29, 0.717) is 11.3 Å². The number of aliphatic hydroxyl groups excluding tert-OH is 1. The van der Waals surface area contributed by atoms with Gasteiger partial charge in [-0.2, -0.15) is 13.2 Å². The highest BCUT2D eigenvalue weighted by Gasteiger charge is 2.34. The molecule has 7 heteroatoms. The minimum absolute atomic E-state index is 0.359. The number of aliphatic hydroxyl groups is 2. The predicted molar refractivity (Wildman–Crippen MR) is 34.3 cm³/mol. The molecule has 3 nitrogen and oxygen atoms in total. The smallest absolute Gasteiger partial charge is 0.363 e. The SMILES string of the molecule is OC(O)c1nc(C(F)(F)F)cs1. The van der Waals surface area contributed by atoms with E-state index in [9.17, 15) is 13.2 Å². The maximum absolute atomic E-state index is 11.8. The number of halogens is 3. The van der Waals surface area contributed by atoms with Gasteiger partial charge in [0.2, 0.25) is 6.29 Å². The van der Waals surface area contributed by atoms with Crippen LogP contribution in [0.15, 0.2) is 5.38 Å². The summed E-state index contributed by atoms with van der Waals surface area (Å²) < 4.78 is 35.5. The Kier molecular flexibility index (Phi) is 2.36. The molecule has 0 fully saturated rings. The highest BCUT2D eigenvalue weighted by atomic mass is 32.1. The number of nitrogens with zero attached hydrogens (tertiary/aromatic N) is 1. The Labute approximate surface area is 69.1 Å². The summed E-state index contributed by atoms with van der Waals surface area (Å²) in [5.74, 6) is 0. The summed E-state index contributed by atoms with van der Waals surface area (Å²) in [4.78, 5) is 2.97. The molecular weight excluding hydrogens is 195 g/mol. The van der Waals surface area contributed by atoms with Gasteiger partial charge in [-0.15, -0.1) is 11.3 Å². The molecule has 0 amide bonds. The van der Waals surface area contributed by atoms with E-state index in [2.05, 4.69) is 4.98 Å². The lowest BCUT2D eigenvalue weighted by Crippen LogP contribution is -2.06. The van der Waals surface area contributed by atoms with Gasteiger partial charge in [0, 0.05) is 5.38 Å². The minimum atomic E-state index is -4.52. The second-order valence-electron chi connectivity index (χ2n) is 1.94. The number of rotatable bonds is 1. The molecule has 0 saturated carbocycles. The molecule has 0 spiro atoms. The fraction of sp³-hybridized carbons (Fsp3) is 0.400. The molecule has 1 aromatic rings. The van der Waals surface area contributed by atoms with E-state index in [1.54, 1.807) is 0 Å². The van der Waals surface area contributed by atoms with E-state index in [0.717, 1.165) is 5.38 Å². The Hall–Kier alpha value is -0.660. The Morgan fingerprint density at radius 1 is 1.42 bits per heavy atom. The first-order chi connectivity index (χ1) is 5.41. The van der Waals surface area contributed by atoms with Crippen LogP contribution in [0.25, 0.3) is 0 Å². The lowest BCUT2D eigenvalue weighted by molar-refractivity contribution is -0.141. The Morgan fingerprint density at radius 3 is 2.25 bits per heavy atom. The molecule has 0 aliphatic carbocycles. The molecule has 0 saturated heterocycles. The van der Waals surface area contributed by atoms with Crippen molar-refractivity contribution >= 4 is 11.3 Å². The monoisotopic (exact) mass is 199 g/mol. The Morgan fingerprint density at radius 2 is 2.00 bits per heavy atom. The molecule has 2 N–H and O–H groups in total. The molecule has 0 atom stereocenters. The average Bonchev–Trinajstić information content (AvgIpc) is 2.30. The van der Waals surface area contributed by atoms with E-state index < -0.39 is 18.2 Å². The van der Waals surface area contributed by atoms with Crippen LogP contribution in [0.1, 0.15) is 17.0 Å². The summed E-state index contributed by atoms with van der Waals surface area (Å²) in [6.07, 6.45) is -6.46. The van der Waals surface area contributed by atoms with Crippen molar-refractivity contribution < 1.29 is 23.4 Å². The highest BCUT2D eigenvalue weighted by molar-refractivity contribution is 7.09. The zero-order valence-corrected chi connectivity index (χ0v) is 6.35. The lowest BCUT2D eigenvalue weighted by atomic mass is 10.5. The van der Waals surface area contributed by atoms with Gasteiger partial charge >= 0.3 is 6.18 Å². The molecule has 0 aliphatic heterocycles. The van der Waals surface area contributed by atoms with Crippen molar-refractivity contribution in [3.8, 4) is 0 Å². The van der Waals surface area contributed by atoms with E-state index in [1.165, 1.54) is 0 Å². The van der Waals surface area contributed by atoms with Crippen LogP contribution in [0.5, 0.6) is 0 Å². The second kappa shape index (κ2) is 3.00. The van der Waals surface area contributed by atoms with Gasteiger partial charge in [0.1, 0.15) is 5.01 Å². The summed E-state index contributed by atoms with van der Waals surface area (Å²) in [6, 6.07) is 0. The van der Waals surface area contributed by atoms with Crippen molar-refractivity contribution in [1.82, 2.24) is 4.98 Å². The standard InChI is InChI=1S/C5H4F3NO2S/c6-5(7,8)2-1-12-3(9-2)4(10)11/h1,4,10-11H. The highest BCUT2D eigenvalue weighted by Crippen LogP contribution is 2.31. The van der Waals surface area contributed by atoms with Crippen LogP contribution >= 0.6 is 11.3 Å². The molecule has 68 valence electrons. The number of alkyl halides is 3. The first kappa shape index (κ1) is 9.43. The molecule has 1 aromatic heterocycles. The van der Waals surface area contributed by atoms with Crippen LogP contribution in [-0.4, -0.2) is 15.2 Å². The first-order valence-corrected chi connectivity index (χ1v) is 3.68. The largest absolute Gasteiger partial charge is 0.434 e.